The number of benzene rings is 1. The molecule has 1 aromatic carbocycles. The highest BCUT2D eigenvalue weighted by atomic mass is 35.5. The van der Waals surface area contributed by atoms with Crippen LogP contribution in [0.1, 0.15) is 24.2 Å². The number of carbonyl (C=O) groups is 1. The van der Waals surface area contributed by atoms with E-state index in [4.69, 9.17) is 11.6 Å². The summed E-state index contributed by atoms with van der Waals surface area (Å²) in [5.74, 6) is 0.508. The van der Waals surface area contributed by atoms with Crippen molar-refractivity contribution in [1.29, 1.82) is 0 Å². The molecule has 3 nitrogen and oxygen atoms in total. The zero-order valence-corrected chi connectivity index (χ0v) is 11.5. The number of amides is 1. The van der Waals surface area contributed by atoms with Gasteiger partial charge in [0.05, 0.1) is 10.7 Å². The van der Waals surface area contributed by atoms with Crippen LogP contribution in [0, 0.1) is 5.92 Å². The minimum atomic E-state index is -0.0192. The van der Waals surface area contributed by atoms with Gasteiger partial charge < -0.3 is 10.2 Å². The van der Waals surface area contributed by atoms with Gasteiger partial charge >= 0.3 is 0 Å². The van der Waals surface area contributed by atoms with Gasteiger partial charge in [-0.1, -0.05) is 25.4 Å². The Labute approximate surface area is 108 Å². The SMILES string of the molecule is CC(C)CNc1cc(C(=O)N(C)C)ccc1Cl. The highest BCUT2D eigenvalue weighted by Crippen LogP contribution is 2.23. The molecule has 4 heteroatoms. The standard InChI is InChI=1S/C13H19ClN2O/c1-9(2)8-15-12-7-10(5-6-11(12)14)13(17)16(3)4/h5-7,9,15H,8H2,1-4H3. The number of nitrogens with zero attached hydrogens (tertiary/aromatic N) is 1. The highest BCUT2D eigenvalue weighted by Gasteiger charge is 2.10. The summed E-state index contributed by atoms with van der Waals surface area (Å²) >= 11 is 6.08. The number of hydrogen-bond acceptors (Lipinski definition) is 2. The zero-order chi connectivity index (χ0) is 13.0. The van der Waals surface area contributed by atoms with Crippen LogP contribution in [0.5, 0.6) is 0 Å². The predicted molar refractivity (Wildman–Crippen MR) is 72.8 cm³/mol. The van der Waals surface area contributed by atoms with Gasteiger partial charge in [-0.2, -0.15) is 0 Å². The molecule has 1 rings (SSSR count). The first-order chi connectivity index (χ1) is 7.91. The van der Waals surface area contributed by atoms with Crippen LogP contribution < -0.4 is 5.32 Å². The van der Waals surface area contributed by atoms with Gasteiger partial charge in [-0.3, -0.25) is 4.79 Å². The van der Waals surface area contributed by atoms with E-state index >= 15 is 0 Å². The molecule has 0 radical (unpaired) electrons. The molecule has 0 saturated carbocycles. The van der Waals surface area contributed by atoms with Crippen molar-refractivity contribution in [2.45, 2.75) is 13.8 Å². The first kappa shape index (κ1) is 13.8. The number of rotatable bonds is 4. The lowest BCUT2D eigenvalue weighted by Gasteiger charge is -2.14. The lowest BCUT2D eigenvalue weighted by Crippen LogP contribution is -2.21. The molecule has 0 atom stereocenters. The molecule has 0 bridgehead atoms. The van der Waals surface area contributed by atoms with E-state index in [1.807, 2.05) is 0 Å². The largest absolute Gasteiger partial charge is 0.384 e. The number of anilines is 1. The zero-order valence-electron chi connectivity index (χ0n) is 10.7. The van der Waals surface area contributed by atoms with Gasteiger partial charge in [0.2, 0.25) is 0 Å². The van der Waals surface area contributed by atoms with Gasteiger partial charge in [0, 0.05) is 26.2 Å². The summed E-state index contributed by atoms with van der Waals surface area (Å²) in [6.45, 7) is 5.07. The van der Waals surface area contributed by atoms with Crippen molar-refractivity contribution in [2.75, 3.05) is 26.0 Å². The molecule has 1 aromatic rings. The van der Waals surface area contributed by atoms with Crippen LogP contribution in [0.3, 0.4) is 0 Å². The molecule has 0 spiro atoms. The Balaban J connectivity index is 2.90. The van der Waals surface area contributed by atoms with Crippen molar-refractivity contribution >= 4 is 23.2 Å². The van der Waals surface area contributed by atoms with Crippen molar-refractivity contribution in [3.8, 4) is 0 Å². The fourth-order valence-corrected chi connectivity index (χ4v) is 1.55. The van der Waals surface area contributed by atoms with Crippen molar-refractivity contribution in [2.24, 2.45) is 5.92 Å². The second kappa shape index (κ2) is 5.92. The first-order valence-electron chi connectivity index (χ1n) is 5.67. The van der Waals surface area contributed by atoms with Crippen LogP contribution >= 0.6 is 11.6 Å². The van der Waals surface area contributed by atoms with Crippen LogP contribution in [-0.4, -0.2) is 31.4 Å². The topological polar surface area (TPSA) is 32.3 Å². The van der Waals surface area contributed by atoms with E-state index < -0.39 is 0 Å². The third-order valence-electron chi connectivity index (χ3n) is 2.32. The Morgan fingerprint density at radius 3 is 2.59 bits per heavy atom. The maximum atomic E-state index is 11.8. The Morgan fingerprint density at radius 2 is 2.06 bits per heavy atom. The molecule has 1 N–H and O–H groups in total. The van der Waals surface area contributed by atoms with Crippen LogP contribution in [-0.2, 0) is 0 Å². The maximum Gasteiger partial charge on any atom is 0.253 e. The summed E-state index contributed by atoms with van der Waals surface area (Å²) in [6.07, 6.45) is 0. The summed E-state index contributed by atoms with van der Waals surface area (Å²) in [7, 11) is 3.47. The number of nitrogens with one attached hydrogen (secondary N) is 1. The minimum absolute atomic E-state index is 0.0192. The minimum Gasteiger partial charge on any atom is -0.384 e. The van der Waals surface area contributed by atoms with Crippen LogP contribution in [0.2, 0.25) is 5.02 Å². The average Bonchev–Trinajstić information content (AvgIpc) is 2.26. The van der Waals surface area contributed by atoms with E-state index in [9.17, 15) is 4.79 Å². The lowest BCUT2D eigenvalue weighted by atomic mass is 10.1. The van der Waals surface area contributed by atoms with Gasteiger partial charge in [0.1, 0.15) is 0 Å². The fraction of sp³-hybridized carbons (Fsp3) is 0.462. The molecule has 0 fully saturated rings. The normalized spacial score (nSPS) is 10.5. The second-order valence-electron chi connectivity index (χ2n) is 4.67. The molecule has 17 heavy (non-hydrogen) atoms. The molecule has 0 aromatic heterocycles. The third-order valence-corrected chi connectivity index (χ3v) is 2.65. The first-order valence-corrected chi connectivity index (χ1v) is 6.04. The van der Waals surface area contributed by atoms with E-state index in [1.165, 1.54) is 0 Å². The number of hydrogen-bond donors (Lipinski definition) is 1. The third kappa shape index (κ3) is 3.93. The fourth-order valence-electron chi connectivity index (χ4n) is 1.37. The molecule has 0 aliphatic rings. The summed E-state index contributed by atoms with van der Waals surface area (Å²) in [5.41, 5.74) is 1.46. The number of halogens is 1. The second-order valence-corrected chi connectivity index (χ2v) is 5.08. The molecular weight excluding hydrogens is 236 g/mol. The molecular formula is C13H19ClN2O. The monoisotopic (exact) mass is 254 g/mol. The lowest BCUT2D eigenvalue weighted by molar-refractivity contribution is 0.0827. The molecule has 1 amide bonds. The maximum absolute atomic E-state index is 11.8. The predicted octanol–water partition coefficient (Wildman–Crippen LogP) is 3.11. The Bertz CT molecular complexity index is 402. The van der Waals surface area contributed by atoms with E-state index in [2.05, 4.69) is 19.2 Å². The summed E-state index contributed by atoms with van der Waals surface area (Å²) < 4.78 is 0. The molecule has 0 heterocycles. The summed E-state index contributed by atoms with van der Waals surface area (Å²) in [5, 5.41) is 3.88. The molecule has 94 valence electrons. The van der Waals surface area contributed by atoms with Gasteiger partial charge in [-0.15, -0.1) is 0 Å². The van der Waals surface area contributed by atoms with Gasteiger partial charge in [-0.25, -0.2) is 0 Å². The molecule has 0 unspecified atom stereocenters. The molecule has 0 saturated heterocycles. The quantitative estimate of drug-likeness (QED) is 0.896. The van der Waals surface area contributed by atoms with Crippen molar-refractivity contribution in [1.82, 2.24) is 4.90 Å². The van der Waals surface area contributed by atoms with Crippen molar-refractivity contribution in [3.05, 3.63) is 28.8 Å². The van der Waals surface area contributed by atoms with Gasteiger partial charge in [0.25, 0.3) is 5.91 Å². The van der Waals surface area contributed by atoms with Crippen molar-refractivity contribution < 1.29 is 4.79 Å². The Morgan fingerprint density at radius 1 is 1.41 bits per heavy atom. The van der Waals surface area contributed by atoms with Crippen molar-refractivity contribution in [3.63, 3.8) is 0 Å². The summed E-state index contributed by atoms with van der Waals surface area (Å²) in [6, 6.07) is 5.29. The van der Waals surface area contributed by atoms with Crippen LogP contribution in [0.25, 0.3) is 0 Å². The molecule has 0 aliphatic heterocycles. The number of carbonyl (C=O) groups excluding carboxylic acids is 1. The van der Waals surface area contributed by atoms with Gasteiger partial charge in [0.15, 0.2) is 0 Å². The van der Waals surface area contributed by atoms with E-state index in [-0.39, 0.29) is 5.91 Å². The van der Waals surface area contributed by atoms with Crippen LogP contribution in [0.15, 0.2) is 18.2 Å². The van der Waals surface area contributed by atoms with Crippen LogP contribution in [0.4, 0.5) is 5.69 Å². The Kier molecular flexibility index (Phi) is 4.82. The van der Waals surface area contributed by atoms with E-state index in [0.717, 1.165) is 12.2 Å². The smallest absolute Gasteiger partial charge is 0.253 e. The average molecular weight is 255 g/mol. The summed E-state index contributed by atoms with van der Waals surface area (Å²) in [4.78, 5) is 13.4. The molecule has 0 aliphatic carbocycles. The van der Waals surface area contributed by atoms with Gasteiger partial charge in [-0.05, 0) is 24.1 Å². The van der Waals surface area contributed by atoms with E-state index in [0.29, 0.717) is 16.5 Å². The van der Waals surface area contributed by atoms with E-state index in [1.54, 1.807) is 37.2 Å². The highest BCUT2D eigenvalue weighted by molar-refractivity contribution is 6.33. The Hall–Kier alpha value is -1.22.